The summed E-state index contributed by atoms with van der Waals surface area (Å²) < 4.78 is 5.41. The van der Waals surface area contributed by atoms with Gasteiger partial charge in [-0.3, -0.25) is 9.59 Å². The zero-order chi connectivity index (χ0) is 16.3. The molecule has 0 saturated heterocycles. The summed E-state index contributed by atoms with van der Waals surface area (Å²) in [5.74, 6) is 1.24. The van der Waals surface area contributed by atoms with Crippen molar-refractivity contribution in [3.05, 3.63) is 0 Å². The second kappa shape index (κ2) is 6.93. The minimum Gasteiger partial charge on any atom is -0.465 e. The topological polar surface area (TPSA) is 43.4 Å². The largest absolute Gasteiger partial charge is 0.465 e. The van der Waals surface area contributed by atoms with E-state index in [9.17, 15) is 9.59 Å². The highest BCUT2D eigenvalue weighted by Gasteiger charge is 2.29. The number of hydrogen-bond acceptors (Lipinski definition) is 3. The normalized spacial score (nSPS) is 23.7. The van der Waals surface area contributed by atoms with Crippen molar-refractivity contribution in [2.45, 2.75) is 73.6 Å². The van der Waals surface area contributed by atoms with Gasteiger partial charge in [-0.1, -0.05) is 20.8 Å². The summed E-state index contributed by atoms with van der Waals surface area (Å²) in [6.45, 7) is 12.2. The van der Waals surface area contributed by atoms with Crippen molar-refractivity contribution in [2.24, 2.45) is 22.7 Å². The molecule has 0 aromatic heterocycles. The lowest BCUT2D eigenvalue weighted by Gasteiger charge is -2.30. The zero-order valence-electron chi connectivity index (χ0n) is 14.6. The van der Waals surface area contributed by atoms with Crippen molar-refractivity contribution in [1.82, 2.24) is 0 Å². The van der Waals surface area contributed by atoms with Gasteiger partial charge in [0.2, 0.25) is 0 Å². The second-order valence-corrected chi connectivity index (χ2v) is 8.61. The van der Waals surface area contributed by atoms with Crippen LogP contribution in [0.2, 0.25) is 0 Å². The summed E-state index contributed by atoms with van der Waals surface area (Å²) in [6, 6.07) is 0. The maximum atomic E-state index is 12.1. The van der Waals surface area contributed by atoms with Crippen LogP contribution in [-0.2, 0) is 14.3 Å². The molecule has 0 radical (unpaired) electrons. The molecule has 0 spiro atoms. The molecule has 0 unspecified atom stereocenters. The van der Waals surface area contributed by atoms with Crippen LogP contribution in [0.3, 0.4) is 0 Å². The van der Waals surface area contributed by atoms with E-state index in [1.165, 1.54) is 0 Å². The smallest absolute Gasteiger partial charge is 0.311 e. The molecule has 0 heterocycles. The molecule has 3 heteroatoms. The Morgan fingerprint density at radius 3 is 1.76 bits per heavy atom. The molecule has 3 nitrogen and oxygen atoms in total. The minimum absolute atomic E-state index is 0.118. The Morgan fingerprint density at radius 2 is 1.33 bits per heavy atom. The van der Waals surface area contributed by atoms with Gasteiger partial charge in [-0.25, -0.2) is 0 Å². The quantitative estimate of drug-likeness (QED) is 0.723. The molecule has 1 fully saturated rings. The van der Waals surface area contributed by atoms with Gasteiger partial charge in [-0.2, -0.15) is 0 Å². The van der Waals surface area contributed by atoms with Crippen LogP contribution in [0.25, 0.3) is 0 Å². The van der Waals surface area contributed by atoms with Gasteiger partial charge in [0.05, 0.1) is 12.0 Å². The molecule has 1 rings (SSSR count). The van der Waals surface area contributed by atoms with Crippen molar-refractivity contribution in [3.8, 4) is 0 Å². The molecule has 21 heavy (non-hydrogen) atoms. The lowest BCUT2D eigenvalue weighted by molar-refractivity contribution is -0.154. The van der Waals surface area contributed by atoms with Crippen LogP contribution in [0.4, 0.5) is 0 Å². The van der Waals surface area contributed by atoms with Gasteiger partial charge in [0.1, 0.15) is 5.78 Å². The number of rotatable bonds is 4. The van der Waals surface area contributed by atoms with Crippen molar-refractivity contribution in [2.75, 3.05) is 6.61 Å². The first-order valence-corrected chi connectivity index (χ1v) is 8.20. The fourth-order valence-electron chi connectivity index (χ4n) is 2.58. The van der Waals surface area contributed by atoms with E-state index in [2.05, 4.69) is 0 Å². The third-order valence-electron chi connectivity index (χ3n) is 4.34. The first-order valence-electron chi connectivity index (χ1n) is 8.20. The molecule has 1 aliphatic rings. The van der Waals surface area contributed by atoms with E-state index in [0.29, 0.717) is 30.6 Å². The SMILES string of the molecule is CC(C)(C)C(=O)CC1CCC(COC(=O)C(C)(C)C)CC1. The summed E-state index contributed by atoms with van der Waals surface area (Å²) in [5, 5.41) is 0. The predicted molar refractivity (Wildman–Crippen MR) is 84.9 cm³/mol. The number of Topliss-reactive ketones (excluding diaryl/α,β-unsaturated/α-hetero) is 1. The van der Waals surface area contributed by atoms with Gasteiger partial charge in [0.15, 0.2) is 0 Å². The van der Waals surface area contributed by atoms with Gasteiger partial charge in [0, 0.05) is 11.8 Å². The van der Waals surface area contributed by atoms with Crippen molar-refractivity contribution in [1.29, 1.82) is 0 Å². The van der Waals surface area contributed by atoms with Crippen LogP contribution >= 0.6 is 0 Å². The molecule has 1 aliphatic carbocycles. The minimum atomic E-state index is -0.420. The van der Waals surface area contributed by atoms with Crippen molar-refractivity contribution < 1.29 is 14.3 Å². The van der Waals surface area contributed by atoms with E-state index in [-0.39, 0.29) is 11.4 Å². The lowest BCUT2D eigenvalue weighted by Crippen LogP contribution is -2.28. The molecule has 0 aromatic rings. The van der Waals surface area contributed by atoms with Gasteiger partial charge < -0.3 is 4.74 Å². The van der Waals surface area contributed by atoms with Gasteiger partial charge in [-0.05, 0) is 58.3 Å². The highest BCUT2D eigenvalue weighted by Crippen LogP contribution is 2.33. The number of ketones is 1. The standard InChI is InChI=1S/C18H32O3/c1-17(2,3)15(19)11-13-7-9-14(10-8-13)12-21-16(20)18(4,5)6/h13-14H,7-12H2,1-6H3. The maximum absolute atomic E-state index is 12.1. The Bertz CT molecular complexity index is 363. The van der Waals surface area contributed by atoms with Gasteiger partial charge in [0.25, 0.3) is 0 Å². The highest BCUT2D eigenvalue weighted by atomic mass is 16.5. The molecule has 0 aliphatic heterocycles. The van der Waals surface area contributed by atoms with Crippen LogP contribution in [-0.4, -0.2) is 18.4 Å². The molecule has 0 bridgehead atoms. The van der Waals surface area contributed by atoms with E-state index < -0.39 is 5.41 Å². The van der Waals surface area contributed by atoms with Crippen LogP contribution in [0.15, 0.2) is 0 Å². The van der Waals surface area contributed by atoms with E-state index >= 15 is 0 Å². The molecule has 0 atom stereocenters. The Balaban J connectivity index is 2.30. The van der Waals surface area contributed by atoms with Gasteiger partial charge >= 0.3 is 5.97 Å². The van der Waals surface area contributed by atoms with E-state index in [0.717, 1.165) is 25.7 Å². The van der Waals surface area contributed by atoms with Crippen LogP contribution < -0.4 is 0 Å². The third kappa shape index (κ3) is 6.19. The van der Waals surface area contributed by atoms with Crippen molar-refractivity contribution in [3.63, 3.8) is 0 Å². The number of carbonyl (C=O) groups is 2. The fourth-order valence-corrected chi connectivity index (χ4v) is 2.58. The molecule has 0 aromatic carbocycles. The fraction of sp³-hybridized carbons (Fsp3) is 0.889. The molecule has 1 saturated carbocycles. The zero-order valence-corrected chi connectivity index (χ0v) is 14.6. The average Bonchev–Trinajstić information content (AvgIpc) is 2.35. The number of hydrogen-bond donors (Lipinski definition) is 0. The Kier molecular flexibility index (Phi) is 6.01. The number of ether oxygens (including phenoxy) is 1. The molecular formula is C18H32O3. The second-order valence-electron chi connectivity index (χ2n) is 8.61. The summed E-state index contributed by atoms with van der Waals surface area (Å²) >= 11 is 0. The summed E-state index contributed by atoms with van der Waals surface area (Å²) in [4.78, 5) is 23.8. The summed E-state index contributed by atoms with van der Waals surface area (Å²) in [7, 11) is 0. The van der Waals surface area contributed by atoms with Gasteiger partial charge in [-0.15, -0.1) is 0 Å². The van der Waals surface area contributed by atoms with E-state index in [1.807, 2.05) is 41.5 Å². The third-order valence-corrected chi connectivity index (χ3v) is 4.34. The summed E-state index contributed by atoms with van der Waals surface area (Å²) in [5.41, 5.74) is -0.643. The van der Waals surface area contributed by atoms with Crippen LogP contribution in [0.5, 0.6) is 0 Å². The first-order chi connectivity index (χ1) is 9.50. The molecule has 122 valence electrons. The predicted octanol–water partition coefficient (Wildman–Crippen LogP) is 4.39. The Morgan fingerprint density at radius 1 is 0.857 bits per heavy atom. The number of carbonyl (C=O) groups excluding carboxylic acids is 2. The Labute approximate surface area is 129 Å². The van der Waals surface area contributed by atoms with Crippen LogP contribution in [0, 0.1) is 22.7 Å². The monoisotopic (exact) mass is 296 g/mol. The van der Waals surface area contributed by atoms with Crippen LogP contribution in [0.1, 0.15) is 73.6 Å². The van der Waals surface area contributed by atoms with E-state index in [4.69, 9.17) is 4.74 Å². The summed E-state index contributed by atoms with van der Waals surface area (Å²) in [6.07, 6.45) is 5.01. The Hall–Kier alpha value is -0.860. The number of esters is 1. The maximum Gasteiger partial charge on any atom is 0.311 e. The molecule has 0 amide bonds. The molecular weight excluding hydrogens is 264 g/mol. The highest BCUT2D eigenvalue weighted by molar-refractivity contribution is 5.83. The first kappa shape index (κ1) is 18.2. The molecule has 0 N–H and O–H groups in total. The average molecular weight is 296 g/mol. The lowest BCUT2D eigenvalue weighted by atomic mass is 9.77. The van der Waals surface area contributed by atoms with E-state index in [1.54, 1.807) is 0 Å². The van der Waals surface area contributed by atoms with Crippen molar-refractivity contribution >= 4 is 11.8 Å².